The summed E-state index contributed by atoms with van der Waals surface area (Å²) in [6.07, 6.45) is 1.87. The van der Waals surface area contributed by atoms with Gasteiger partial charge in [-0.25, -0.2) is 8.42 Å². The van der Waals surface area contributed by atoms with Gasteiger partial charge in [0, 0.05) is 24.5 Å². The zero-order valence-electron chi connectivity index (χ0n) is 20.5. The van der Waals surface area contributed by atoms with Crippen molar-refractivity contribution in [3.05, 3.63) is 53.1 Å². The standard InChI is InChI=1S/C26H33N3O4S/c1-17-8-7-13-28(15-17)34(32,33)20-11-12-23-21(14-20)26(4,5)25(31)29(23)16-24(30)27-22-10-6-9-18(2)19(22)3/h6,9-12,14,17H,7-8,13,15-16H2,1-5H3,(H,27,30)/t17-/m0/s1. The lowest BCUT2D eigenvalue weighted by molar-refractivity contribution is -0.124. The van der Waals surface area contributed by atoms with Crippen molar-refractivity contribution in [2.45, 2.75) is 57.8 Å². The summed E-state index contributed by atoms with van der Waals surface area (Å²) in [6, 6.07) is 10.5. The molecule has 2 heterocycles. The lowest BCUT2D eigenvalue weighted by atomic mass is 9.86. The number of anilines is 2. The highest BCUT2D eigenvalue weighted by molar-refractivity contribution is 7.89. The number of carbonyl (C=O) groups is 2. The number of amides is 2. The Morgan fingerprint density at radius 3 is 2.62 bits per heavy atom. The molecule has 1 fully saturated rings. The first kappa shape index (κ1) is 24.4. The molecule has 2 amide bonds. The molecule has 0 bridgehead atoms. The van der Waals surface area contributed by atoms with Crippen molar-refractivity contribution in [2.24, 2.45) is 5.92 Å². The number of sulfonamides is 1. The molecule has 1 saturated heterocycles. The van der Waals surface area contributed by atoms with Crippen LogP contribution in [0.15, 0.2) is 41.3 Å². The molecular weight excluding hydrogens is 450 g/mol. The molecule has 2 aromatic rings. The Bertz CT molecular complexity index is 1250. The van der Waals surface area contributed by atoms with Crippen LogP contribution in [-0.2, 0) is 25.0 Å². The molecule has 1 N–H and O–H groups in total. The predicted octanol–water partition coefficient (Wildman–Crippen LogP) is 3.99. The lowest BCUT2D eigenvalue weighted by Crippen LogP contribution is -2.40. The van der Waals surface area contributed by atoms with Gasteiger partial charge in [0.2, 0.25) is 21.8 Å². The number of benzene rings is 2. The van der Waals surface area contributed by atoms with Gasteiger partial charge in [-0.1, -0.05) is 19.1 Å². The molecule has 0 aliphatic carbocycles. The fourth-order valence-electron chi connectivity index (χ4n) is 4.86. The number of nitrogens with zero attached hydrogens (tertiary/aromatic N) is 2. The maximum absolute atomic E-state index is 13.3. The maximum Gasteiger partial charge on any atom is 0.244 e. The first-order chi connectivity index (χ1) is 15.9. The van der Waals surface area contributed by atoms with Crippen LogP contribution in [0.2, 0.25) is 0 Å². The Balaban J connectivity index is 1.61. The Morgan fingerprint density at radius 2 is 1.91 bits per heavy atom. The highest BCUT2D eigenvalue weighted by atomic mass is 32.2. The van der Waals surface area contributed by atoms with Crippen molar-refractivity contribution >= 4 is 33.2 Å². The van der Waals surface area contributed by atoms with Crippen LogP contribution in [0.25, 0.3) is 0 Å². The Kier molecular flexibility index (Phi) is 6.33. The number of nitrogens with one attached hydrogen (secondary N) is 1. The van der Waals surface area contributed by atoms with Crippen molar-refractivity contribution in [3.8, 4) is 0 Å². The Labute approximate surface area is 202 Å². The van der Waals surface area contributed by atoms with E-state index in [0.29, 0.717) is 35.9 Å². The lowest BCUT2D eigenvalue weighted by Gasteiger charge is -2.30. The minimum Gasteiger partial charge on any atom is -0.324 e. The first-order valence-electron chi connectivity index (χ1n) is 11.8. The normalized spacial score (nSPS) is 20.3. The molecule has 8 heteroatoms. The SMILES string of the molecule is Cc1cccc(NC(=O)CN2C(=O)C(C)(C)c3cc(S(=O)(=O)N4CCC[C@H](C)C4)ccc32)c1C. The number of piperidine rings is 1. The third-order valence-corrected chi connectivity index (χ3v) is 9.01. The average Bonchev–Trinajstić information content (AvgIpc) is 2.97. The van der Waals surface area contributed by atoms with E-state index in [-0.39, 0.29) is 23.3 Å². The van der Waals surface area contributed by atoms with E-state index in [2.05, 4.69) is 12.2 Å². The largest absolute Gasteiger partial charge is 0.324 e. The van der Waals surface area contributed by atoms with Gasteiger partial charge in [-0.05, 0) is 87.4 Å². The molecule has 0 saturated carbocycles. The van der Waals surface area contributed by atoms with Crippen molar-refractivity contribution in [1.82, 2.24) is 4.31 Å². The quantitative estimate of drug-likeness (QED) is 0.697. The van der Waals surface area contributed by atoms with E-state index in [9.17, 15) is 18.0 Å². The van der Waals surface area contributed by atoms with E-state index in [1.165, 1.54) is 4.90 Å². The fraction of sp³-hybridized carbons (Fsp3) is 0.462. The van der Waals surface area contributed by atoms with E-state index in [1.807, 2.05) is 32.0 Å². The van der Waals surface area contributed by atoms with Crippen molar-refractivity contribution in [2.75, 3.05) is 29.9 Å². The van der Waals surface area contributed by atoms with E-state index in [1.54, 1.807) is 36.4 Å². The minimum absolute atomic E-state index is 0.140. The second kappa shape index (κ2) is 8.82. The second-order valence-corrected chi connectivity index (χ2v) is 12.0. The third kappa shape index (κ3) is 4.25. The van der Waals surface area contributed by atoms with Crippen LogP contribution in [-0.4, -0.2) is 44.2 Å². The van der Waals surface area contributed by atoms with Gasteiger partial charge in [0.15, 0.2) is 0 Å². The van der Waals surface area contributed by atoms with Crippen LogP contribution < -0.4 is 10.2 Å². The summed E-state index contributed by atoms with van der Waals surface area (Å²) >= 11 is 0. The predicted molar refractivity (Wildman–Crippen MR) is 134 cm³/mol. The maximum atomic E-state index is 13.3. The van der Waals surface area contributed by atoms with Crippen molar-refractivity contribution in [1.29, 1.82) is 0 Å². The van der Waals surface area contributed by atoms with Crippen LogP contribution in [0.3, 0.4) is 0 Å². The molecular formula is C26H33N3O4S. The van der Waals surface area contributed by atoms with E-state index in [4.69, 9.17) is 0 Å². The van der Waals surface area contributed by atoms with Gasteiger partial charge >= 0.3 is 0 Å². The zero-order valence-corrected chi connectivity index (χ0v) is 21.3. The van der Waals surface area contributed by atoms with E-state index in [0.717, 1.165) is 24.0 Å². The zero-order chi connectivity index (χ0) is 24.8. The van der Waals surface area contributed by atoms with Gasteiger partial charge in [0.1, 0.15) is 6.54 Å². The van der Waals surface area contributed by atoms with Gasteiger partial charge in [-0.2, -0.15) is 4.31 Å². The van der Waals surface area contributed by atoms with Gasteiger partial charge in [0.25, 0.3) is 0 Å². The summed E-state index contributed by atoms with van der Waals surface area (Å²) in [4.78, 5) is 27.8. The molecule has 7 nitrogen and oxygen atoms in total. The number of hydrogen-bond acceptors (Lipinski definition) is 4. The number of hydrogen-bond donors (Lipinski definition) is 1. The number of rotatable bonds is 5. The summed E-state index contributed by atoms with van der Waals surface area (Å²) in [5.41, 5.74) is 3.04. The summed E-state index contributed by atoms with van der Waals surface area (Å²) in [5, 5.41) is 2.90. The second-order valence-electron chi connectivity index (χ2n) is 10.1. The van der Waals surface area contributed by atoms with Crippen molar-refractivity contribution < 1.29 is 18.0 Å². The van der Waals surface area contributed by atoms with Crippen LogP contribution in [0.4, 0.5) is 11.4 Å². The molecule has 4 rings (SSSR count). The molecule has 0 spiro atoms. The summed E-state index contributed by atoms with van der Waals surface area (Å²) < 4.78 is 28.2. The third-order valence-electron chi connectivity index (χ3n) is 7.15. The number of carbonyl (C=O) groups excluding carboxylic acids is 2. The van der Waals surface area contributed by atoms with Crippen LogP contribution >= 0.6 is 0 Å². The molecule has 0 radical (unpaired) electrons. The Morgan fingerprint density at radius 1 is 1.18 bits per heavy atom. The van der Waals surface area contributed by atoms with Crippen molar-refractivity contribution in [3.63, 3.8) is 0 Å². The summed E-state index contributed by atoms with van der Waals surface area (Å²) in [6.45, 7) is 10.4. The van der Waals surface area contributed by atoms with E-state index < -0.39 is 15.4 Å². The van der Waals surface area contributed by atoms with Crippen LogP contribution in [0.5, 0.6) is 0 Å². The van der Waals surface area contributed by atoms with Gasteiger partial charge in [-0.3, -0.25) is 9.59 Å². The van der Waals surface area contributed by atoms with E-state index >= 15 is 0 Å². The first-order valence-corrected chi connectivity index (χ1v) is 13.2. The summed E-state index contributed by atoms with van der Waals surface area (Å²) in [7, 11) is -3.65. The average molecular weight is 484 g/mol. The van der Waals surface area contributed by atoms with Gasteiger partial charge < -0.3 is 10.2 Å². The molecule has 1 atom stereocenters. The van der Waals surface area contributed by atoms with Gasteiger partial charge in [-0.15, -0.1) is 0 Å². The van der Waals surface area contributed by atoms with Crippen LogP contribution in [0.1, 0.15) is 50.3 Å². The topological polar surface area (TPSA) is 86.8 Å². The highest BCUT2D eigenvalue weighted by Gasteiger charge is 2.45. The minimum atomic E-state index is -3.65. The molecule has 2 aliphatic heterocycles. The van der Waals surface area contributed by atoms with Crippen LogP contribution in [0, 0.1) is 19.8 Å². The molecule has 2 aromatic carbocycles. The molecule has 0 aromatic heterocycles. The number of fused-ring (bicyclic) bond motifs is 1. The fourth-order valence-corrected chi connectivity index (χ4v) is 6.49. The number of aryl methyl sites for hydroxylation is 1. The molecule has 182 valence electrons. The Hall–Kier alpha value is -2.71. The summed E-state index contributed by atoms with van der Waals surface area (Å²) in [5.74, 6) is -0.202. The highest BCUT2D eigenvalue weighted by Crippen LogP contribution is 2.43. The molecule has 0 unspecified atom stereocenters. The van der Waals surface area contributed by atoms with Gasteiger partial charge in [0.05, 0.1) is 10.3 Å². The molecule has 2 aliphatic rings. The monoisotopic (exact) mass is 483 g/mol. The smallest absolute Gasteiger partial charge is 0.244 e. The molecule has 34 heavy (non-hydrogen) atoms.